The number of aromatic nitrogens is 4. The molecule has 114 valence electrons. The number of hydrogen-bond acceptors (Lipinski definition) is 5. The molecule has 0 saturated carbocycles. The lowest BCUT2D eigenvalue weighted by atomic mass is 10.2. The number of halogens is 1. The van der Waals surface area contributed by atoms with Gasteiger partial charge < -0.3 is 4.74 Å². The lowest BCUT2D eigenvalue weighted by molar-refractivity contribution is 0.304. The van der Waals surface area contributed by atoms with Crippen molar-refractivity contribution in [3.05, 3.63) is 56.3 Å². The van der Waals surface area contributed by atoms with E-state index >= 15 is 0 Å². The van der Waals surface area contributed by atoms with Gasteiger partial charge >= 0.3 is 5.69 Å². The summed E-state index contributed by atoms with van der Waals surface area (Å²) in [5.74, 6) is 0.667. The molecule has 6 nitrogen and oxygen atoms in total. The van der Waals surface area contributed by atoms with E-state index in [1.807, 2.05) is 6.92 Å². The number of para-hydroxylation sites is 1. The lowest BCUT2D eigenvalue weighted by Crippen LogP contribution is -2.22. The SMILES string of the molecule is [3H]c1ccc(OCc2c(Cl)csc2-n2nnn(C)c2=O)c(C)c1. The van der Waals surface area contributed by atoms with E-state index in [9.17, 15) is 4.79 Å². The van der Waals surface area contributed by atoms with Crippen molar-refractivity contribution >= 4 is 22.9 Å². The van der Waals surface area contributed by atoms with Gasteiger partial charge in [0, 0.05) is 18.0 Å². The third-order valence-corrected chi connectivity index (χ3v) is 4.59. The third kappa shape index (κ3) is 2.65. The summed E-state index contributed by atoms with van der Waals surface area (Å²) in [7, 11) is 1.53. The normalized spacial score (nSPS) is 11.5. The van der Waals surface area contributed by atoms with Crippen LogP contribution in [0.2, 0.25) is 5.02 Å². The second-order valence-corrected chi connectivity index (χ2v) is 5.91. The molecular weight excluding hydrogens is 324 g/mol. The quantitative estimate of drug-likeness (QED) is 0.733. The third-order valence-electron chi connectivity index (χ3n) is 3.13. The first-order chi connectivity index (χ1) is 11.0. The van der Waals surface area contributed by atoms with Crippen LogP contribution in [0.25, 0.3) is 5.00 Å². The first kappa shape index (κ1) is 13.5. The Labute approximate surface area is 136 Å². The fourth-order valence-corrected chi connectivity index (χ4v) is 3.13. The van der Waals surface area contributed by atoms with Gasteiger partial charge in [-0.3, -0.25) is 0 Å². The van der Waals surface area contributed by atoms with Gasteiger partial charge in [0.2, 0.25) is 0 Å². The average Bonchev–Trinajstić information content (AvgIpc) is 3.02. The number of hydrogen-bond donors (Lipinski definition) is 0. The van der Waals surface area contributed by atoms with E-state index in [0.29, 0.717) is 27.4 Å². The minimum Gasteiger partial charge on any atom is -0.488 e. The zero-order chi connectivity index (χ0) is 16.6. The van der Waals surface area contributed by atoms with Gasteiger partial charge in [-0.1, -0.05) is 29.8 Å². The van der Waals surface area contributed by atoms with Crippen molar-refractivity contribution in [1.29, 1.82) is 0 Å². The van der Waals surface area contributed by atoms with Crippen molar-refractivity contribution in [3.63, 3.8) is 0 Å². The van der Waals surface area contributed by atoms with Crippen LogP contribution < -0.4 is 10.4 Å². The summed E-state index contributed by atoms with van der Waals surface area (Å²) < 4.78 is 15.7. The van der Waals surface area contributed by atoms with E-state index in [1.165, 1.54) is 23.1 Å². The number of ether oxygens (including phenoxy) is 1. The molecule has 0 atom stereocenters. The molecule has 3 rings (SSSR count). The van der Waals surface area contributed by atoms with Gasteiger partial charge in [0.25, 0.3) is 0 Å². The van der Waals surface area contributed by atoms with Crippen LogP contribution >= 0.6 is 22.9 Å². The molecule has 22 heavy (non-hydrogen) atoms. The fraction of sp³-hybridized carbons (Fsp3) is 0.214. The van der Waals surface area contributed by atoms with Crippen molar-refractivity contribution in [3.8, 4) is 10.8 Å². The second kappa shape index (κ2) is 5.94. The van der Waals surface area contributed by atoms with Gasteiger partial charge in [0.1, 0.15) is 17.4 Å². The standard InChI is InChI=1S/C14H13ClN4O2S/c1-9-5-3-4-6-12(9)21-7-10-11(15)8-22-13(10)19-14(20)18(2)16-17-19/h3-6,8H,7H2,1-2H3/i3T. The van der Waals surface area contributed by atoms with Crippen LogP contribution in [0, 0.1) is 6.92 Å². The van der Waals surface area contributed by atoms with Crippen LogP contribution in [-0.4, -0.2) is 19.8 Å². The number of thiophene rings is 1. The fourth-order valence-electron chi connectivity index (χ4n) is 1.91. The van der Waals surface area contributed by atoms with E-state index in [1.54, 1.807) is 23.6 Å². The molecule has 0 aliphatic carbocycles. The Morgan fingerprint density at radius 2 is 2.27 bits per heavy atom. The Morgan fingerprint density at radius 3 is 2.95 bits per heavy atom. The van der Waals surface area contributed by atoms with Crippen LogP contribution in [0.1, 0.15) is 12.5 Å². The van der Waals surface area contributed by atoms with Gasteiger partial charge in [-0.05, 0) is 29.0 Å². The summed E-state index contributed by atoms with van der Waals surface area (Å²) >= 11 is 7.52. The van der Waals surface area contributed by atoms with E-state index in [4.69, 9.17) is 17.7 Å². The summed E-state index contributed by atoms with van der Waals surface area (Å²) in [4.78, 5) is 12.0. The maximum atomic E-state index is 12.0. The molecule has 0 amide bonds. The average molecular weight is 339 g/mol. The molecule has 0 fully saturated rings. The first-order valence-corrected chi connectivity index (χ1v) is 7.68. The Kier molecular flexibility index (Phi) is 3.65. The summed E-state index contributed by atoms with van der Waals surface area (Å²) in [5.41, 5.74) is 1.19. The van der Waals surface area contributed by atoms with Crippen LogP contribution in [0.5, 0.6) is 5.75 Å². The van der Waals surface area contributed by atoms with E-state index in [0.717, 1.165) is 10.2 Å². The largest absolute Gasteiger partial charge is 0.488 e. The number of aryl methyl sites for hydroxylation is 2. The summed E-state index contributed by atoms with van der Waals surface area (Å²) in [6.07, 6.45) is 0. The van der Waals surface area contributed by atoms with Crippen molar-refractivity contribution in [1.82, 2.24) is 19.8 Å². The highest BCUT2D eigenvalue weighted by Crippen LogP contribution is 2.30. The van der Waals surface area contributed by atoms with Crippen LogP contribution in [0.4, 0.5) is 0 Å². The molecule has 1 aromatic carbocycles. The van der Waals surface area contributed by atoms with Gasteiger partial charge in [0.05, 0.1) is 6.39 Å². The number of rotatable bonds is 4. The molecule has 0 saturated heterocycles. The minimum atomic E-state index is -0.348. The van der Waals surface area contributed by atoms with Crippen molar-refractivity contribution < 1.29 is 6.11 Å². The highest BCUT2D eigenvalue weighted by Gasteiger charge is 2.17. The van der Waals surface area contributed by atoms with Crippen molar-refractivity contribution in [2.45, 2.75) is 13.5 Å². The molecule has 0 unspecified atom stereocenters. The van der Waals surface area contributed by atoms with E-state index in [2.05, 4.69) is 10.4 Å². The minimum absolute atomic E-state index is 0.193. The molecule has 0 spiro atoms. The van der Waals surface area contributed by atoms with Gasteiger partial charge in [-0.15, -0.1) is 16.0 Å². The Hall–Kier alpha value is -2.12. The van der Waals surface area contributed by atoms with Crippen molar-refractivity contribution in [2.24, 2.45) is 7.05 Å². The Balaban J connectivity index is 1.90. The Morgan fingerprint density at radius 1 is 1.45 bits per heavy atom. The second-order valence-electron chi connectivity index (χ2n) is 4.64. The molecule has 2 heterocycles. The molecule has 2 aromatic heterocycles. The summed E-state index contributed by atoms with van der Waals surface area (Å²) in [6.45, 7) is 2.07. The molecule has 0 radical (unpaired) electrons. The Bertz CT molecular complexity index is 918. The van der Waals surface area contributed by atoms with Gasteiger partial charge in [-0.2, -0.15) is 4.68 Å². The number of nitrogens with zero attached hydrogens (tertiary/aromatic N) is 4. The molecule has 8 heteroatoms. The van der Waals surface area contributed by atoms with Gasteiger partial charge in [-0.25, -0.2) is 4.79 Å². The molecule has 0 bridgehead atoms. The lowest BCUT2D eigenvalue weighted by Gasteiger charge is -2.09. The van der Waals surface area contributed by atoms with Crippen LogP contribution in [0.3, 0.4) is 0 Å². The first-order valence-electron chi connectivity index (χ1n) is 6.92. The topological polar surface area (TPSA) is 61.9 Å². The van der Waals surface area contributed by atoms with Crippen molar-refractivity contribution in [2.75, 3.05) is 0 Å². The van der Waals surface area contributed by atoms with Crippen LogP contribution in [-0.2, 0) is 13.7 Å². The predicted molar refractivity (Wildman–Crippen MR) is 85.0 cm³/mol. The van der Waals surface area contributed by atoms with Crippen LogP contribution in [0.15, 0.2) is 34.4 Å². The maximum Gasteiger partial charge on any atom is 0.368 e. The highest BCUT2D eigenvalue weighted by atomic mass is 35.5. The van der Waals surface area contributed by atoms with E-state index < -0.39 is 0 Å². The van der Waals surface area contributed by atoms with E-state index in [-0.39, 0.29) is 12.3 Å². The highest BCUT2D eigenvalue weighted by molar-refractivity contribution is 7.13. The summed E-state index contributed by atoms with van der Waals surface area (Å²) in [5, 5.41) is 10.4. The zero-order valence-electron chi connectivity index (χ0n) is 12.9. The molecule has 0 aliphatic heterocycles. The zero-order valence-corrected chi connectivity index (χ0v) is 13.5. The number of benzene rings is 1. The number of tetrazole rings is 1. The predicted octanol–water partition coefficient (Wildman–Crippen LogP) is 2.57. The monoisotopic (exact) mass is 338 g/mol. The molecular formula is C14H13ClN4O2S. The molecule has 0 N–H and O–H groups in total. The maximum absolute atomic E-state index is 12.0. The summed E-state index contributed by atoms with van der Waals surface area (Å²) in [6, 6.07) is 5.55. The molecule has 3 aromatic rings. The van der Waals surface area contributed by atoms with Gasteiger partial charge in [0.15, 0.2) is 0 Å². The smallest absolute Gasteiger partial charge is 0.368 e. The molecule has 0 aliphatic rings.